The van der Waals surface area contributed by atoms with Gasteiger partial charge in [-0.2, -0.15) is 0 Å². The summed E-state index contributed by atoms with van der Waals surface area (Å²) in [5.41, 5.74) is 8.30. The van der Waals surface area contributed by atoms with E-state index in [2.05, 4.69) is 17.2 Å². The molecule has 0 spiro atoms. The largest absolute Gasteiger partial charge is 0.355 e. The number of amides is 1. The Kier molecular flexibility index (Phi) is 3.58. The number of benzene rings is 1. The molecule has 0 fully saturated rings. The number of hydrogen-bond donors (Lipinski definition) is 2. The first-order valence-corrected chi connectivity index (χ1v) is 5.98. The van der Waals surface area contributed by atoms with Crippen LogP contribution in [0.5, 0.6) is 0 Å². The lowest BCUT2D eigenvalue weighted by molar-refractivity contribution is 0.0964. The normalized spacial score (nSPS) is 12.4. The van der Waals surface area contributed by atoms with Crippen molar-refractivity contribution in [1.29, 1.82) is 0 Å². The fraction of sp³-hybridized carbons (Fsp3) is 0.286. The van der Waals surface area contributed by atoms with E-state index in [4.69, 9.17) is 5.73 Å². The van der Waals surface area contributed by atoms with Gasteiger partial charge in [-0.25, -0.2) is 0 Å². The number of nitrogens with zero attached hydrogens (tertiary/aromatic N) is 1. The Balaban J connectivity index is 2.69. The van der Waals surface area contributed by atoms with E-state index in [0.29, 0.717) is 12.1 Å². The van der Waals surface area contributed by atoms with Gasteiger partial charge in [-0.15, -0.1) is 0 Å². The lowest BCUT2D eigenvalue weighted by Crippen LogP contribution is -2.18. The van der Waals surface area contributed by atoms with Crippen molar-refractivity contribution in [3.05, 3.63) is 41.6 Å². The summed E-state index contributed by atoms with van der Waals surface area (Å²) in [5, 5.41) is 3.51. The summed E-state index contributed by atoms with van der Waals surface area (Å²) in [7, 11) is 1.63. The predicted molar refractivity (Wildman–Crippen MR) is 72.6 cm³/mol. The number of nitrogens with one attached hydrogen (secondary N) is 1. The van der Waals surface area contributed by atoms with E-state index in [-0.39, 0.29) is 11.8 Å². The number of para-hydroxylation sites is 1. The highest BCUT2D eigenvalue weighted by Crippen LogP contribution is 2.25. The van der Waals surface area contributed by atoms with Crippen LogP contribution in [-0.4, -0.2) is 24.5 Å². The van der Waals surface area contributed by atoms with E-state index in [1.807, 2.05) is 18.2 Å². The van der Waals surface area contributed by atoms with Gasteiger partial charge in [-0.1, -0.05) is 25.1 Å². The first-order valence-electron chi connectivity index (χ1n) is 5.98. The molecule has 1 heterocycles. The standard InChI is InChI=1S/C14H17N3O/c1-9(8-15)10-4-3-5-11-12(14(18)16-2)6-7-17-13(10)11/h3-7,9H,8,15H2,1-2H3,(H,16,18)/t9-/m0/s1. The molecule has 94 valence electrons. The number of rotatable bonds is 3. The van der Waals surface area contributed by atoms with Crippen molar-refractivity contribution >= 4 is 16.8 Å². The molecule has 2 rings (SSSR count). The zero-order valence-corrected chi connectivity index (χ0v) is 10.6. The molecule has 18 heavy (non-hydrogen) atoms. The quantitative estimate of drug-likeness (QED) is 0.861. The Labute approximate surface area is 106 Å². The van der Waals surface area contributed by atoms with Gasteiger partial charge in [0.25, 0.3) is 5.91 Å². The van der Waals surface area contributed by atoms with Gasteiger partial charge >= 0.3 is 0 Å². The lowest BCUT2D eigenvalue weighted by atomic mass is 9.96. The van der Waals surface area contributed by atoms with Crippen molar-refractivity contribution in [2.75, 3.05) is 13.6 Å². The van der Waals surface area contributed by atoms with Crippen LogP contribution < -0.4 is 11.1 Å². The number of fused-ring (bicyclic) bond motifs is 1. The van der Waals surface area contributed by atoms with Crippen LogP contribution in [-0.2, 0) is 0 Å². The summed E-state index contributed by atoms with van der Waals surface area (Å²) in [4.78, 5) is 16.2. The molecule has 1 amide bonds. The monoisotopic (exact) mass is 243 g/mol. The minimum absolute atomic E-state index is 0.0973. The molecule has 0 saturated heterocycles. The molecule has 4 nitrogen and oxygen atoms in total. The minimum atomic E-state index is -0.0973. The van der Waals surface area contributed by atoms with Gasteiger partial charge < -0.3 is 11.1 Å². The molecule has 1 atom stereocenters. The highest BCUT2D eigenvalue weighted by molar-refractivity contribution is 6.06. The second kappa shape index (κ2) is 5.14. The molecule has 0 aliphatic carbocycles. The van der Waals surface area contributed by atoms with Crippen molar-refractivity contribution in [2.24, 2.45) is 5.73 Å². The molecule has 3 N–H and O–H groups in total. The maximum absolute atomic E-state index is 11.8. The number of carbonyl (C=O) groups is 1. The summed E-state index contributed by atoms with van der Waals surface area (Å²) in [6.45, 7) is 2.62. The number of aromatic nitrogens is 1. The van der Waals surface area contributed by atoms with Gasteiger partial charge in [0.2, 0.25) is 0 Å². The van der Waals surface area contributed by atoms with Gasteiger partial charge in [-0.05, 0) is 24.1 Å². The fourth-order valence-corrected chi connectivity index (χ4v) is 2.06. The van der Waals surface area contributed by atoms with E-state index in [0.717, 1.165) is 16.5 Å². The molecule has 4 heteroatoms. The topological polar surface area (TPSA) is 68.0 Å². The molecule has 0 aliphatic heterocycles. The summed E-state index contributed by atoms with van der Waals surface area (Å²) in [6, 6.07) is 7.61. The van der Waals surface area contributed by atoms with Crippen LogP contribution in [0.2, 0.25) is 0 Å². The second-order valence-corrected chi connectivity index (χ2v) is 4.32. The fourth-order valence-electron chi connectivity index (χ4n) is 2.06. The van der Waals surface area contributed by atoms with Crippen LogP contribution in [0.3, 0.4) is 0 Å². The highest BCUT2D eigenvalue weighted by Gasteiger charge is 2.13. The van der Waals surface area contributed by atoms with Gasteiger partial charge in [0.05, 0.1) is 11.1 Å². The first kappa shape index (κ1) is 12.5. The summed E-state index contributed by atoms with van der Waals surface area (Å²) >= 11 is 0. The average Bonchev–Trinajstić information content (AvgIpc) is 2.44. The Bertz CT molecular complexity index is 580. The van der Waals surface area contributed by atoms with Crippen LogP contribution in [0.25, 0.3) is 10.9 Å². The van der Waals surface area contributed by atoms with Crippen molar-refractivity contribution in [3.8, 4) is 0 Å². The molecule has 0 aliphatic rings. The minimum Gasteiger partial charge on any atom is -0.355 e. The van der Waals surface area contributed by atoms with Crippen molar-refractivity contribution in [3.63, 3.8) is 0 Å². The van der Waals surface area contributed by atoms with Crippen molar-refractivity contribution in [2.45, 2.75) is 12.8 Å². The SMILES string of the molecule is CNC(=O)c1ccnc2c([C@@H](C)CN)cccc12. The summed E-state index contributed by atoms with van der Waals surface area (Å²) in [6.07, 6.45) is 1.67. The Hall–Kier alpha value is -1.94. The van der Waals surface area contributed by atoms with Crippen LogP contribution in [0.4, 0.5) is 0 Å². The second-order valence-electron chi connectivity index (χ2n) is 4.32. The van der Waals surface area contributed by atoms with Crippen LogP contribution in [0, 0.1) is 0 Å². The lowest BCUT2D eigenvalue weighted by Gasteiger charge is -2.13. The third-order valence-electron chi connectivity index (χ3n) is 3.16. The van der Waals surface area contributed by atoms with Gasteiger partial charge in [-0.3, -0.25) is 9.78 Å². The van der Waals surface area contributed by atoms with Gasteiger partial charge in [0.15, 0.2) is 0 Å². The van der Waals surface area contributed by atoms with E-state index in [9.17, 15) is 4.79 Å². The maximum Gasteiger partial charge on any atom is 0.251 e. The maximum atomic E-state index is 11.8. The smallest absolute Gasteiger partial charge is 0.251 e. The molecular formula is C14H17N3O. The third kappa shape index (κ3) is 2.07. The number of nitrogens with two attached hydrogens (primary N) is 1. The van der Waals surface area contributed by atoms with Crippen LogP contribution in [0.1, 0.15) is 28.8 Å². The molecule has 0 bridgehead atoms. The van der Waals surface area contributed by atoms with Gasteiger partial charge in [0.1, 0.15) is 0 Å². The number of carbonyl (C=O) groups excluding carboxylic acids is 1. The molecule has 2 aromatic rings. The molecule has 1 aromatic carbocycles. The number of hydrogen-bond acceptors (Lipinski definition) is 3. The van der Waals surface area contributed by atoms with E-state index in [1.165, 1.54) is 0 Å². The molecular weight excluding hydrogens is 226 g/mol. The predicted octanol–water partition coefficient (Wildman–Crippen LogP) is 1.66. The first-order chi connectivity index (χ1) is 8.69. The van der Waals surface area contributed by atoms with Crippen molar-refractivity contribution in [1.82, 2.24) is 10.3 Å². The van der Waals surface area contributed by atoms with Crippen LogP contribution in [0.15, 0.2) is 30.5 Å². The number of pyridine rings is 1. The Morgan fingerprint density at radius 2 is 2.22 bits per heavy atom. The van der Waals surface area contributed by atoms with E-state index >= 15 is 0 Å². The third-order valence-corrected chi connectivity index (χ3v) is 3.16. The average molecular weight is 243 g/mol. The zero-order chi connectivity index (χ0) is 13.1. The molecule has 1 aromatic heterocycles. The van der Waals surface area contributed by atoms with Gasteiger partial charge in [0, 0.05) is 18.6 Å². The summed E-state index contributed by atoms with van der Waals surface area (Å²) < 4.78 is 0. The molecule has 0 radical (unpaired) electrons. The van der Waals surface area contributed by atoms with Crippen LogP contribution >= 0.6 is 0 Å². The Morgan fingerprint density at radius 3 is 2.89 bits per heavy atom. The summed E-state index contributed by atoms with van der Waals surface area (Å²) in [5.74, 6) is 0.126. The molecule has 0 saturated carbocycles. The van der Waals surface area contributed by atoms with E-state index < -0.39 is 0 Å². The Morgan fingerprint density at radius 1 is 1.44 bits per heavy atom. The molecule has 0 unspecified atom stereocenters. The zero-order valence-electron chi connectivity index (χ0n) is 10.6. The van der Waals surface area contributed by atoms with E-state index in [1.54, 1.807) is 19.3 Å². The highest BCUT2D eigenvalue weighted by atomic mass is 16.1. The van der Waals surface area contributed by atoms with Crippen molar-refractivity contribution < 1.29 is 4.79 Å².